The van der Waals surface area contributed by atoms with Crippen LogP contribution in [0.3, 0.4) is 0 Å². The quantitative estimate of drug-likeness (QED) is 0.156. The van der Waals surface area contributed by atoms with Crippen LogP contribution >= 0.6 is 23.2 Å². The highest BCUT2D eigenvalue weighted by atomic mass is 35.5. The summed E-state index contributed by atoms with van der Waals surface area (Å²) >= 11 is 12.7. The number of piperidine rings is 2. The Morgan fingerprint density at radius 2 is 1.69 bits per heavy atom. The van der Waals surface area contributed by atoms with E-state index in [0.29, 0.717) is 84.7 Å². The molecule has 4 aliphatic rings. The molecule has 7 heterocycles. The second kappa shape index (κ2) is 17.2. The minimum atomic E-state index is -0.714. The third-order valence-electron chi connectivity index (χ3n) is 12.3. The van der Waals surface area contributed by atoms with Crippen LogP contribution in [0.4, 0.5) is 11.5 Å². The molecule has 5 aromatic rings. The monoisotopic (exact) mass is 878 g/mol. The molecule has 0 radical (unpaired) electrons. The van der Waals surface area contributed by atoms with Crippen molar-refractivity contribution in [3.8, 4) is 17.0 Å². The van der Waals surface area contributed by atoms with Crippen molar-refractivity contribution < 1.29 is 28.7 Å². The molecular weight excluding hydrogens is 835 g/mol. The highest BCUT2D eigenvalue weighted by Gasteiger charge is 2.40. The number of benzene rings is 2. The van der Waals surface area contributed by atoms with Gasteiger partial charge in [0.15, 0.2) is 0 Å². The van der Waals surface area contributed by atoms with Crippen LogP contribution < -0.4 is 20.3 Å². The van der Waals surface area contributed by atoms with Gasteiger partial charge in [-0.1, -0.05) is 29.3 Å². The number of hydrogen-bond donors (Lipinski definition) is 3. The normalized spacial score (nSPS) is 18.8. The SMILES string of the molecule is C[C@@H](Oc1ccc2[nH]nc(-c3ccc(N4CCN(C(=O)C5CCN(C(=O)CNc6cccc7c6CN(C6CCC(=O)NC6=O)C7=O)CC5)CC4)nc3)c2c1)c1c(Cl)cncc1Cl. The van der Waals surface area contributed by atoms with Gasteiger partial charge in [-0.05, 0) is 68.7 Å². The number of pyridine rings is 2. The number of ether oxygens (including phenoxy) is 1. The number of aromatic nitrogens is 4. The molecule has 0 spiro atoms. The van der Waals surface area contributed by atoms with Gasteiger partial charge in [-0.15, -0.1) is 0 Å². The zero-order chi connectivity index (χ0) is 43.1. The van der Waals surface area contributed by atoms with Crippen LogP contribution in [0.5, 0.6) is 5.75 Å². The summed E-state index contributed by atoms with van der Waals surface area (Å²) in [5, 5.41) is 15.0. The topological polar surface area (TPSA) is 186 Å². The standard InChI is InChI=1S/C44H44Cl2N10O6/c1-25(40-32(45)21-47-22-33(40)46)62-28-6-7-35-30(19-28)41(52-51-35)27-5-9-37(49-20-27)53-15-17-55(18-16-53)43(60)26-11-13-54(14-12-26)39(58)23-48-34-4-2-3-29-31(34)24-56(44(29)61)36-8-10-38(57)50-42(36)59/h2-7,9,19-22,25-26,36,48H,8,10-18,23-24H2,1H3,(H,51,52)(H,50,57,59)/t25-,36?/m1/s1. The summed E-state index contributed by atoms with van der Waals surface area (Å²) in [6, 6.07) is 14.3. The number of amides is 5. The molecule has 3 saturated heterocycles. The zero-order valence-electron chi connectivity index (χ0n) is 33.9. The van der Waals surface area contributed by atoms with Gasteiger partial charge in [0.25, 0.3) is 5.91 Å². The van der Waals surface area contributed by atoms with E-state index >= 15 is 0 Å². The van der Waals surface area contributed by atoms with Gasteiger partial charge in [0.1, 0.15) is 29.4 Å². The largest absolute Gasteiger partial charge is 0.486 e. The fourth-order valence-electron chi connectivity index (χ4n) is 8.90. The first kappa shape index (κ1) is 41.1. The van der Waals surface area contributed by atoms with Crippen LogP contribution in [0, 0.1) is 5.92 Å². The summed E-state index contributed by atoms with van der Waals surface area (Å²) in [7, 11) is 0. The minimum absolute atomic E-state index is 0.0336. The Kier molecular flexibility index (Phi) is 11.4. The molecule has 0 aliphatic carbocycles. The van der Waals surface area contributed by atoms with Crippen LogP contribution in [0.25, 0.3) is 22.2 Å². The average molecular weight is 880 g/mol. The molecule has 4 aliphatic heterocycles. The lowest BCUT2D eigenvalue weighted by atomic mass is 9.95. The first-order valence-electron chi connectivity index (χ1n) is 20.7. The van der Waals surface area contributed by atoms with Crippen molar-refractivity contribution in [2.75, 3.05) is 56.0 Å². The number of likely N-dealkylation sites (tertiary alicyclic amines) is 1. The van der Waals surface area contributed by atoms with Gasteiger partial charge in [-0.3, -0.25) is 39.4 Å². The summed E-state index contributed by atoms with van der Waals surface area (Å²) in [4.78, 5) is 80.5. The van der Waals surface area contributed by atoms with E-state index in [-0.39, 0.29) is 55.5 Å². The van der Waals surface area contributed by atoms with Gasteiger partial charge in [0, 0.05) is 110 Å². The molecule has 62 heavy (non-hydrogen) atoms. The first-order chi connectivity index (χ1) is 30.0. The maximum absolute atomic E-state index is 13.6. The van der Waals surface area contributed by atoms with Crippen molar-refractivity contribution in [1.82, 2.24) is 40.2 Å². The number of fused-ring (bicyclic) bond motifs is 2. The smallest absolute Gasteiger partial charge is 0.255 e. The van der Waals surface area contributed by atoms with Crippen molar-refractivity contribution in [3.05, 3.63) is 93.9 Å². The Morgan fingerprint density at radius 3 is 2.42 bits per heavy atom. The van der Waals surface area contributed by atoms with Crippen LogP contribution in [0.2, 0.25) is 10.0 Å². The maximum Gasteiger partial charge on any atom is 0.255 e. The third-order valence-corrected chi connectivity index (χ3v) is 12.9. The van der Waals surface area contributed by atoms with Crippen LogP contribution in [0.1, 0.15) is 60.2 Å². The lowest BCUT2D eigenvalue weighted by Gasteiger charge is -2.39. The lowest BCUT2D eigenvalue weighted by molar-refractivity contribution is -0.140. The Balaban J connectivity index is 0.744. The Morgan fingerprint density at radius 1 is 0.919 bits per heavy atom. The fraction of sp³-hybridized carbons (Fsp3) is 0.364. The predicted molar refractivity (Wildman–Crippen MR) is 232 cm³/mol. The molecule has 3 aromatic heterocycles. The molecule has 0 bridgehead atoms. The summed E-state index contributed by atoms with van der Waals surface area (Å²) in [5.41, 5.74) is 4.97. The van der Waals surface area contributed by atoms with E-state index in [0.717, 1.165) is 33.5 Å². The highest BCUT2D eigenvalue weighted by Crippen LogP contribution is 2.36. The zero-order valence-corrected chi connectivity index (χ0v) is 35.4. The van der Waals surface area contributed by atoms with E-state index in [9.17, 15) is 24.0 Å². The van der Waals surface area contributed by atoms with E-state index in [4.69, 9.17) is 32.9 Å². The number of aromatic amines is 1. The molecule has 3 N–H and O–H groups in total. The molecule has 320 valence electrons. The van der Waals surface area contributed by atoms with Crippen molar-refractivity contribution in [1.29, 1.82) is 0 Å². The van der Waals surface area contributed by atoms with E-state index in [1.807, 2.05) is 54.4 Å². The second-order valence-electron chi connectivity index (χ2n) is 16.0. The Bertz CT molecular complexity index is 2550. The average Bonchev–Trinajstić information content (AvgIpc) is 3.86. The van der Waals surface area contributed by atoms with Crippen molar-refractivity contribution in [2.45, 2.75) is 51.3 Å². The van der Waals surface area contributed by atoms with E-state index in [1.165, 1.54) is 4.90 Å². The van der Waals surface area contributed by atoms with Gasteiger partial charge < -0.3 is 29.7 Å². The molecule has 3 fully saturated rings. The third kappa shape index (κ3) is 8.11. The Labute approximate surface area is 366 Å². The van der Waals surface area contributed by atoms with Gasteiger partial charge in [-0.2, -0.15) is 5.10 Å². The van der Waals surface area contributed by atoms with Crippen LogP contribution in [0.15, 0.2) is 67.1 Å². The molecule has 18 heteroatoms. The minimum Gasteiger partial charge on any atom is -0.486 e. The van der Waals surface area contributed by atoms with Gasteiger partial charge in [-0.25, -0.2) is 4.98 Å². The van der Waals surface area contributed by atoms with Gasteiger partial charge >= 0.3 is 0 Å². The summed E-state index contributed by atoms with van der Waals surface area (Å²) in [6.45, 7) is 5.55. The van der Waals surface area contributed by atoms with E-state index in [2.05, 4.69) is 30.7 Å². The van der Waals surface area contributed by atoms with Gasteiger partial charge in [0.05, 0.1) is 22.1 Å². The Hall–Kier alpha value is -6.26. The number of nitrogens with zero attached hydrogens (tertiary/aromatic N) is 7. The van der Waals surface area contributed by atoms with Gasteiger partial charge in [0.2, 0.25) is 23.6 Å². The number of H-pyrrole nitrogens is 1. The van der Waals surface area contributed by atoms with E-state index < -0.39 is 18.1 Å². The van der Waals surface area contributed by atoms with Crippen LogP contribution in [-0.2, 0) is 25.7 Å². The van der Waals surface area contributed by atoms with Crippen LogP contribution in [-0.4, -0.2) is 116 Å². The summed E-state index contributed by atoms with van der Waals surface area (Å²) in [6.07, 6.45) is 6.12. The number of rotatable bonds is 10. The van der Waals surface area contributed by atoms with Crippen molar-refractivity contribution in [2.24, 2.45) is 5.92 Å². The number of carbonyl (C=O) groups excluding carboxylic acids is 5. The number of halogens is 2. The first-order valence-corrected chi connectivity index (χ1v) is 21.5. The molecule has 0 saturated carbocycles. The lowest BCUT2D eigenvalue weighted by Crippen LogP contribution is -2.52. The predicted octanol–water partition coefficient (Wildman–Crippen LogP) is 5.23. The molecule has 16 nitrogen and oxygen atoms in total. The number of anilines is 2. The number of nitrogens with one attached hydrogen (secondary N) is 3. The fourth-order valence-corrected chi connectivity index (χ4v) is 9.57. The highest BCUT2D eigenvalue weighted by molar-refractivity contribution is 6.35. The maximum atomic E-state index is 13.6. The van der Waals surface area contributed by atoms with Crippen molar-refractivity contribution in [3.63, 3.8) is 0 Å². The molecular formula is C44H44Cl2N10O6. The summed E-state index contributed by atoms with van der Waals surface area (Å²) in [5.74, 6) is 0.271. The molecule has 2 atom stereocenters. The number of piperazine rings is 1. The number of hydrogen-bond acceptors (Lipinski definition) is 11. The number of carbonyl (C=O) groups is 5. The van der Waals surface area contributed by atoms with E-state index in [1.54, 1.807) is 29.4 Å². The summed E-state index contributed by atoms with van der Waals surface area (Å²) < 4.78 is 6.23. The number of imide groups is 1. The second-order valence-corrected chi connectivity index (χ2v) is 16.8. The molecule has 9 rings (SSSR count). The molecule has 2 aromatic carbocycles. The molecule has 5 amide bonds. The molecule has 1 unspecified atom stereocenters. The van der Waals surface area contributed by atoms with Crippen molar-refractivity contribution >= 4 is 75.1 Å².